The van der Waals surface area contributed by atoms with Gasteiger partial charge < -0.3 is 29.6 Å². The number of rotatable bonds is 5. The van der Waals surface area contributed by atoms with Crippen LogP contribution in [0, 0.1) is 41.4 Å². The fourth-order valence-corrected chi connectivity index (χ4v) is 8.92. The summed E-state index contributed by atoms with van der Waals surface area (Å²) in [5.41, 5.74) is -0.0296. The topological polar surface area (TPSA) is 148 Å². The predicted octanol–water partition coefficient (Wildman–Crippen LogP) is 6.23. The van der Waals surface area contributed by atoms with Crippen molar-refractivity contribution < 1.29 is 34.4 Å². The molecule has 3 heterocycles. The van der Waals surface area contributed by atoms with Crippen LogP contribution < -0.4 is 4.84 Å². The van der Waals surface area contributed by atoms with E-state index in [4.69, 9.17) is 14.3 Å². The van der Waals surface area contributed by atoms with Crippen molar-refractivity contribution in [1.29, 1.82) is 0 Å². The van der Waals surface area contributed by atoms with E-state index in [-0.39, 0.29) is 42.1 Å². The number of benzene rings is 1. The Hall–Kier alpha value is -2.96. The third-order valence-electron chi connectivity index (χ3n) is 11.4. The lowest BCUT2D eigenvalue weighted by Crippen LogP contribution is -2.55. The van der Waals surface area contributed by atoms with E-state index in [9.17, 15) is 20.1 Å². The Bertz CT molecular complexity index is 1460. The second-order valence-electron chi connectivity index (χ2n) is 15.5. The van der Waals surface area contributed by atoms with E-state index >= 15 is 0 Å². The van der Waals surface area contributed by atoms with Gasteiger partial charge in [0.15, 0.2) is 12.0 Å². The number of carbonyl (C=O) groups excluding carboxylic acids is 1. The average Bonchev–Trinajstić information content (AvgIpc) is 3.60. The number of fused-ring (bicyclic) bond motifs is 5. The first-order chi connectivity index (χ1) is 23.5. The largest absolute Gasteiger partial charge is 0.392 e. The van der Waals surface area contributed by atoms with Gasteiger partial charge in [-0.15, -0.1) is 0 Å². The third kappa shape index (κ3) is 8.91. The van der Waals surface area contributed by atoms with Crippen molar-refractivity contribution in [2.24, 2.45) is 51.6 Å². The summed E-state index contributed by atoms with van der Waals surface area (Å²) in [5, 5.41) is 44.6. The molecule has 11 atom stereocenters. The van der Waals surface area contributed by atoms with Crippen LogP contribution in [0.3, 0.4) is 0 Å². The maximum atomic E-state index is 12.7. The van der Waals surface area contributed by atoms with Gasteiger partial charge in [-0.25, -0.2) is 9.67 Å². The highest BCUT2D eigenvalue weighted by Crippen LogP contribution is 2.45. The molecule has 0 radical (unpaired) electrons. The molecule has 50 heavy (non-hydrogen) atoms. The van der Waals surface area contributed by atoms with Crippen LogP contribution in [0.4, 0.5) is 0 Å². The van der Waals surface area contributed by atoms with Crippen molar-refractivity contribution in [3.8, 4) is 11.4 Å². The SMILES string of the molecule is CCC1OC(O)C(C)[C@@H](O)[C@H](C)C(C(C)C)[C@@]2(C)C[C@@H](C)/C(=N\C(C)=O)C(C)C(CC/C(=N\Oc3ccc(-n4cccn4)cc3)CO2)[C@]1(C)O. The number of aromatic nitrogens is 2. The minimum Gasteiger partial charge on any atom is -0.392 e. The van der Waals surface area contributed by atoms with Gasteiger partial charge in [-0.05, 0) is 99.5 Å². The summed E-state index contributed by atoms with van der Waals surface area (Å²) in [4.78, 5) is 23.3. The standard InChI is InChI=1S/C39H60N4O7/c1-11-33-39(10,47)32-18-13-29(42-50-31-16-14-30(15-17-31)43-20-12-19-40-43)22-48-38(9,21-24(4)35(25(32)5)41-28(8)44)34(23(2)3)26(6)36(45)27(7)37(46)49-33/h12,14-17,19-20,23-27,32-34,36-37,45-47H,11,13,18,21-22H2,1-10H3/b41-35+,42-29+/t24-,25?,26-,27?,32?,33?,34?,36+,37?,38-,39+/m1/s1. The van der Waals surface area contributed by atoms with Crippen LogP contribution in [0.15, 0.2) is 52.9 Å². The quantitative estimate of drug-likeness (QED) is 0.312. The molecule has 1 aromatic carbocycles. The number of nitrogens with zero attached hydrogens (tertiary/aromatic N) is 4. The third-order valence-corrected chi connectivity index (χ3v) is 11.4. The van der Waals surface area contributed by atoms with Gasteiger partial charge in [-0.1, -0.05) is 53.6 Å². The number of aliphatic hydroxyl groups is 3. The Morgan fingerprint density at radius 3 is 2.38 bits per heavy atom. The molecule has 4 rings (SSSR count). The molecule has 11 heteroatoms. The zero-order chi connectivity index (χ0) is 37.0. The summed E-state index contributed by atoms with van der Waals surface area (Å²) in [6.45, 7) is 19.5. The monoisotopic (exact) mass is 696 g/mol. The first kappa shape index (κ1) is 39.8. The Balaban J connectivity index is 1.87. The highest BCUT2D eigenvalue weighted by atomic mass is 16.6. The lowest BCUT2D eigenvalue weighted by Gasteiger charge is -2.48. The zero-order valence-electron chi connectivity index (χ0n) is 31.6. The van der Waals surface area contributed by atoms with Crippen molar-refractivity contribution in [3.63, 3.8) is 0 Å². The fourth-order valence-electron chi connectivity index (χ4n) is 8.92. The van der Waals surface area contributed by atoms with Crippen LogP contribution in [0.25, 0.3) is 5.69 Å². The molecule has 2 aromatic rings. The summed E-state index contributed by atoms with van der Waals surface area (Å²) >= 11 is 0. The van der Waals surface area contributed by atoms with Gasteiger partial charge in [-0.2, -0.15) is 5.10 Å². The van der Waals surface area contributed by atoms with Crippen molar-refractivity contribution >= 4 is 17.3 Å². The van der Waals surface area contributed by atoms with Crippen LogP contribution in [-0.4, -0.2) is 78.7 Å². The molecule has 11 nitrogen and oxygen atoms in total. The Morgan fingerprint density at radius 1 is 1.12 bits per heavy atom. The Morgan fingerprint density at radius 2 is 1.80 bits per heavy atom. The molecule has 0 spiro atoms. The minimum atomic E-state index is -1.46. The van der Waals surface area contributed by atoms with Crippen molar-refractivity contribution in [2.45, 2.75) is 125 Å². The van der Waals surface area contributed by atoms with Crippen LogP contribution >= 0.6 is 0 Å². The summed E-state index contributed by atoms with van der Waals surface area (Å²) in [6, 6.07) is 9.34. The van der Waals surface area contributed by atoms with Gasteiger partial charge in [-0.3, -0.25) is 4.79 Å². The minimum absolute atomic E-state index is 0.0765. The highest BCUT2D eigenvalue weighted by Gasteiger charge is 2.50. The smallest absolute Gasteiger partial charge is 0.242 e. The maximum Gasteiger partial charge on any atom is 0.242 e. The lowest BCUT2D eigenvalue weighted by molar-refractivity contribution is -0.239. The second kappa shape index (κ2) is 16.6. The molecule has 2 fully saturated rings. The summed E-state index contributed by atoms with van der Waals surface area (Å²) in [7, 11) is 0. The van der Waals surface area contributed by atoms with E-state index in [1.807, 2.05) is 57.3 Å². The summed E-state index contributed by atoms with van der Waals surface area (Å²) in [5.74, 6) is -1.79. The number of ether oxygens (including phenoxy) is 2. The molecule has 1 aromatic heterocycles. The van der Waals surface area contributed by atoms with Crippen molar-refractivity contribution in [2.75, 3.05) is 6.61 Å². The number of aliphatic imine (C=N–C) groups is 1. The number of hydrogen-bond acceptors (Lipinski definition) is 9. The normalized spacial score (nSPS) is 38.0. The molecule has 2 aliphatic heterocycles. The molecular formula is C39H60N4O7. The van der Waals surface area contributed by atoms with E-state index in [0.717, 1.165) is 5.69 Å². The van der Waals surface area contributed by atoms with Gasteiger partial charge in [0.25, 0.3) is 0 Å². The van der Waals surface area contributed by atoms with E-state index in [0.29, 0.717) is 42.9 Å². The average molecular weight is 697 g/mol. The number of aliphatic hydroxyl groups excluding tert-OH is 2. The second-order valence-corrected chi connectivity index (χ2v) is 15.5. The molecular weight excluding hydrogens is 636 g/mol. The molecule has 3 N–H and O–H groups in total. The van der Waals surface area contributed by atoms with Crippen LogP contribution in [0.5, 0.6) is 5.75 Å². The van der Waals surface area contributed by atoms with Gasteiger partial charge >= 0.3 is 0 Å². The molecule has 2 aliphatic rings. The van der Waals surface area contributed by atoms with Gasteiger partial charge in [0.1, 0.15) is 0 Å². The molecule has 2 bridgehead atoms. The van der Waals surface area contributed by atoms with E-state index in [1.165, 1.54) is 6.92 Å². The number of carbonyl (C=O) groups is 1. The Labute approximate surface area is 298 Å². The first-order valence-electron chi connectivity index (χ1n) is 18.3. The van der Waals surface area contributed by atoms with E-state index in [1.54, 1.807) is 24.7 Å². The van der Waals surface area contributed by atoms with Gasteiger partial charge in [0, 0.05) is 36.9 Å². The first-order valence-corrected chi connectivity index (χ1v) is 18.3. The fraction of sp³-hybridized carbons (Fsp3) is 0.692. The van der Waals surface area contributed by atoms with Crippen molar-refractivity contribution in [1.82, 2.24) is 9.78 Å². The van der Waals surface area contributed by atoms with Crippen LogP contribution in [-0.2, 0) is 14.3 Å². The molecule has 278 valence electrons. The van der Waals surface area contributed by atoms with Crippen molar-refractivity contribution in [3.05, 3.63) is 42.7 Å². The highest BCUT2D eigenvalue weighted by molar-refractivity contribution is 5.97. The summed E-state index contributed by atoms with van der Waals surface area (Å²) in [6.07, 6.45) is 2.36. The number of hydrogen-bond donors (Lipinski definition) is 3. The lowest BCUT2D eigenvalue weighted by atomic mass is 9.65. The molecule has 1 amide bonds. The molecule has 2 saturated heterocycles. The van der Waals surface area contributed by atoms with Gasteiger partial charge in [0.05, 0.1) is 41.4 Å². The number of amides is 1. The molecule has 0 aliphatic carbocycles. The Kier molecular flexibility index (Phi) is 13.2. The van der Waals surface area contributed by atoms with E-state index < -0.39 is 41.5 Å². The predicted molar refractivity (Wildman–Crippen MR) is 194 cm³/mol. The number of oxime groups is 1. The summed E-state index contributed by atoms with van der Waals surface area (Å²) < 4.78 is 15.0. The molecule has 6 unspecified atom stereocenters. The van der Waals surface area contributed by atoms with Crippen LogP contribution in [0.2, 0.25) is 0 Å². The zero-order valence-corrected chi connectivity index (χ0v) is 31.6. The molecule has 0 saturated carbocycles. The van der Waals surface area contributed by atoms with E-state index in [2.05, 4.69) is 42.9 Å². The maximum absolute atomic E-state index is 12.7. The van der Waals surface area contributed by atoms with Crippen LogP contribution in [0.1, 0.15) is 94.9 Å². The van der Waals surface area contributed by atoms with Gasteiger partial charge in [0.2, 0.25) is 5.91 Å².